The fraction of sp³-hybridized carbons (Fsp3) is 0.136. The van der Waals surface area contributed by atoms with E-state index in [-0.39, 0.29) is 24.6 Å². The molecule has 2 heterocycles. The van der Waals surface area contributed by atoms with Crippen molar-refractivity contribution < 1.29 is 32.5 Å². The van der Waals surface area contributed by atoms with Gasteiger partial charge < -0.3 is 19.1 Å². The monoisotopic (exact) mass is 443 g/mol. The number of carbonyl (C=O) groups is 1. The molecule has 0 radical (unpaired) electrons. The molecule has 0 saturated heterocycles. The Hall–Kier alpha value is -4.08. The molecule has 0 unspecified atom stereocenters. The molecule has 32 heavy (non-hydrogen) atoms. The highest BCUT2D eigenvalue weighted by Gasteiger charge is 2.31. The van der Waals surface area contributed by atoms with Crippen molar-refractivity contribution in [1.82, 2.24) is 14.5 Å². The summed E-state index contributed by atoms with van der Waals surface area (Å²) < 4.78 is 47.7. The van der Waals surface area contributed by atoms with Gasteiger partial charge in [0.2, 0.25) is 0 Å². The number of carboxylic acids is 1. The van der Waals surface area contributed by atoms with Gasteiger partial charge in [0.05, 0.1) is 12.2 Å². The molecule has 0 spiro atoms. The Morgan fingerprint density at radius 1 is 1.03 bits per heavy atom. The molecule has 2 aromatic carbocycles. The van der Waals surface area contributed by atoms with Gasteiger partial charge in [-0.1, -0.05) is 6.07 Å². The number of aromatic carboxylic acids is 1. The minimum absolute atomic E-state index is 0.0948. The molecule has 0 atom stereocenters. The zero-order chi connectivity index (χ0) is 22.7. The van der Waals surface area contributed by atoms with Crippen LogP contribution < -0.4 is 9.47 Å². The van der Waals surface area contributed by atoms with Crippen LogP contribution in [0.25, 0.3) is 22.2 Å². The molecule has 0 aliphatic rings. The molecule has 4 aromatic rings. The molecular formula is C22H16F3N3O4. The van der Waals surface area contributed by atoms with Crippen LogP contribution in [0.5, 0.6) is 11.5 Å². The number of ether oxygens (including phenoxy) is 2. The van der Waals surface area contributed by atoms with Gasteiger partial charge in [-0.05, 0) is 48.5 Å². The minimum Gasteiger partial charge on any atom is -0.492 e. The lowest BCUT2D eigenvalue weighted by atomic mass is 10.1. The summed E-state index contributed by atoms with van der Waals surface area (Å²) in [6.07, 6.45) is -1.70. The first-order valence-electron chi connectivity index (χ1n) is 9.42. The molecule has 0 bridgehead atoms. The van der Waals surface area contributed by atoms with Crippen molar-refractivity contribution >= 4 is 16.9 Å². The van der Waals surface area contributed by atoms with Crippen LogP contribution in [-0.2, 0) is 6.54 Å². The molecule has 0 amide bonds. The van der Waals surface area contributed by atoms with E-state index in [1.165, 1.54) is 18.5 Å². The van der Waals surface area contributed by atoms with Crippen molar-refractivity contribution in [3.63, 3.8) is 0 Å². The molecule has 0 aliphatic carbocycles. The SMILES string of the molecule is O=C(O)c1cc2cc(-c3ccncn3)ccc2n1CCOc1ccc(OC(F)(F)F)cc1. The van der Waals surface area contributed by atoms with Crippen LogP contribution in [-0.4, -0.2) is 38.6 Å². The third-order valence-corrected chi connectivity index (χ3v) is 4.64. The molecule has 10 heteroatoms. The largest absolute Gasteiger partial charge is 0.573 e. The smallest absolute Gasteiger partial charge is 0.492 e. The molecule has 0 fully saturated rings. The fourth-order valence-corrected chi connectivity index (χ4v) is 3.30. The maximum atomic E-state index is 12.2. The quantitative estimate of drug-likeness (QED) is 0.443. The second kappa shape index (κ2) is 8.58. The van der Waals surface area contributed by atoms with Crippen LogP contribution in [0.2, 0.25) is 0 Å². The second-order valence-corrected chi connectivity index (χ2v) is 6.72. The van der Waals surface area contributed by atoms with Gasteiger partial charge >= 0.3 is 12.3 Å². The van der Waals surface area contributed by atoms with Crippen molar-refractivity contribution in [2.24, 2.45) is 0 Å². The molecular weight excluding hydrogens is 427 g/mol. The van der Waals surface area contributed by atoms with Crippen LogP contribution in [0, 0.1) is 0 Å². The van der Waals surface area contributed by atoms with Gasteiger partial charge in [-0.2, -0.15) is 0 Å². The third kappa shape index (κ3) is 4.80. The lowest BCUT2D eigenvalue weighted by Crippen LogP contribution is -2.17. The predicted molar refractivity (Wildman–Crippen MR) is 109 cm³/mol. The van der Waals surface area contributed by atoms with Crippen molar-refractivity contribution in [2.75, 3.05) is 6.61 Å². The molecule has 4 rings (SSSR count). The number of hydrogen-bond acceptors (Lipinski definition) is 5. The van der Waals surface area contributed by atoms with E-state index in [0.29, 0.717) is 17.0 Å². The lowest BCUT2D eigenvalue weighted by molar-refractivity contribution is -0.274. The van der Waals surface area contributed by atoms with Gasteiger partial charge in [0, 0.05) is 22.7 Å². The summed E-state index contributed by atoms with van der Waals surface area (Å²) >= 11 is 0. The number of hydrogen-bond donors (Lipinski definition) is 1. The van der Waals surface area contributed by atoms with Crippen LogP contribution in [0.15, 0.2) is 67.1 Å². The van der Waals surface area contributed by atoms with E-state index in [2.05, 4.69) is 14.7 Å². The van der Waals surface area contributed by atoms with E-state index in [1.54, 1.807) is 22.9 Å². The number of rotatable bonds is 7. The highest BCUT2D eigenvalue weighted by molar-refractivity contribution is 5.96. The van der Waals surface area contributed by atoms with Gasteiger partial charge in [0.15, 0.2) is 0 Å². The van der Waals surface area contributed by atoms with Crippen molar-refractivity contribution in [3.8, 4) is 22.8 Å². The zero-order valence-corrected chi connectivity index (χ0v) is 16.4. The standard InChI is InChI=1S/C22H16F3N3O4/c23-22(24,25)32-17-4-2-16(3-5-17)31-10-9-28-19-6-1-14(18-7-8-26-13-27-18)11-15(19)12-20(28)21(29)30/h1-8,11-13H,9-10H2,(H,29,30). The minimum atomic E-state index is -4.77. The Balaban J connectivity index is 1.51. The normalized spacial score (nSPS) is 11.5. The van der Waals surface area contributed by atoms with E-state index in [0.717, 1.165) is 23.1 Å². The van der Waals surface area contributed by atoms with E-state index in [1.807, 2.05) is 18.2 Å². The predicted octanol–water partition coefficient (Wildman–Crippen LogP) is 4.77. The zero-order valence-electron chi connectivity index (χ0n) is 16.4. The summed E-state index contributed by atoms with van der Waals surface area (Å²) in [6.45, 7) is 0.329. The molecule has 2 aromatic heterocycles. The summed E-state index contributed by atoms with van der Waals surface area (Å²) in [7, 11) is 0. The highest BCUT2D eigenvalue weighted by atomic mass is 19.4. The number of alkyl halides is 3. The number of carboxylic acid groups (broad SMARTS) is 1. The lowest BCUT2D eigenvalue weighted by Gasteiger charge is -2.12. The first kappa shape index (κ1) is 21.2. The average molecular weight is 443 g/mol. The van der Waals surface area contributed by atoms with E-state index < -0.39 is 12.3 Å². The summed E-state index contributed by atoms with van der Waals surface area (Å²) in [4.78, 5) is 19.8. The topological polar surface area (TPSA) is 86.5 Å². The van der Waals surface area contributed by atoms with Crippen LogP contribution >= 0.6 is 0 Å². The number of halogens is 3. The van der Waals surface area contributed by atoms with Crippen LogP contribution in [0.1, 0.15) is 10.5 Å². The van der Waals surface area contributed by atoms with Crippen molar-refractivity contribution in [2.45, 2.75) is 12.9 Å². The molecule has 7 nitrogen and oxygen atoms in total. The van der Waals surface area contributed by atoms with Crippen LogP contribution in [0.3, 0.4) is 0 Å². The van der Waals surface area contributed by atoms with Crippen molar-refractivity contribution in [3.05, 3.63) is 72.8 Å². The summed E-state index contributed by atoms with van der Waals surface area (Å²) in [5, 5.41) is 10.3. The second-order valence-electron chi connectivity index (χ2n) is 6.72. The fourth-order valence-electron chi connectivity index (χ4n) is 3.30. The Labute approximate surface area is 179 Å². The number of aromatic nitrogens is 3. The highest BCUT2D eigenvalue weighted by Crippen LogP contribution is 2.27. The number of fused-ring (bicyclic) bond motifs is 1. The van der Waals surface area contributed by atoms with E-state index in [4.69, 9.17) is 4.74 Å². The Kier molecular flexibility index (Phi) is 5.67. The maximum absolute atomic E-state index is 12.2. The van der Waals surface area contributed by atoms with Gasteiger partial charge in [0.25, 0.3) is 0 Å². The van der Waals surface area contributed by atoms with Gasteiger partial charge in [-0.15, -0.1) is 13.2 Å². The number of nitrogens with zero attached hydrogens (tertiary/aromatic N) is 3. The first-order valence-corrected chi connectivity index (χ1v) is 9.42. The average Bonchev–Trinajstić information content (AvgIpc) is 3.13. The summed E-state index contributed by atoms with van der Waals surface area (Å²) in [5.74, 6) is -1.11. The molecule has 0 saturated carbocycles. The Bertz CT molecular complexity index is 1240. The molecule has 0 aliphatic heterocycles. The van der Waals surface area contributed by atoms with Crippen molar-refractivity contribution in [1.29, 1.82) is 0 Å². The molecule has 1 N–H and O–H groups in total. The van der Waals surface area contributed by atoms with Gasteiger partial charge in [0.1, 0.15) is 30.1 Å². The van der Waals surface area contributed by atoms with Crippen LogP contribution in [0.4, 0.5) is 13.2 Å². The van der Waals surface area contributed by atoms with Gasteiger partial charge in [-0.3, -0.25) is 0 Å². The number of benzene rings is 2. The maximum Gasteiger partial charge on any atom is 0.573 e. The van der Waals surface area contributed by atoms with E-state index >= 15 is 0 Å². The van der Waals surface area contributed by atoms with Gasteiger partial charge in [-0.25, -0.2) is 14.8 Å². The Morgan fingerprint density at radius 2 is 1.78 bits per heavy atom. The first-order chi connectivity index (χ1) is 15.3. The third-order valence-electron chi connectivity index (χ3n) is 4.64. The summed E-state index contributed by atoms with van der Waals surface area (Å²) in [6, 6.07) is 13.8. The summed E-state index contributed by atoms with van der Waals surface area (Å²) in [5.41, 5.74) is 2.34. The Morgan fingerprint density at radius 3 is 2.44 bits per heavy atom. The van der Waals surface area contributed by atoms with E-state index in [9.17, 15) is 23.1 Å². The molecule has 164 valence electrons.